The smallest absolute Gasteiger partial charge is 0.323 e. The molecule has 2 nitrogen and oxygen atoms in total. The van der Waals surface area contributed by atoms with Crippen molar-refractivity contribution in [1.29, 1.82) is 0 Å². The van der Waals surface area contributed by atoms with Crippen molar-refractivity contribution in [3.8, 4) is 0 Å². The zero-order valence-corrected chi connectivity index (χ0v) is 11.0. The summed E-state index contributed by atoms with van der Waals surface area (Å²) in [6.45, 7) is 3.72. The van der Waals surface area contributed by atoms with Crippen molar-refractivity contribution in [1.82, 2.24) is 4.90 Å². The van der Waals surface area contributed by atoms with E-state index in [4.69, 9.17) is 5.73 Å². The summed E-state index contributed by atoms with van der Waals surface area (Å²) >= 11 is 0. The predicted molar refractivity (Wildman–Crippen MR) is 68.6 cm³/mol. The van der Waals surface area contributed by atoms with E-state index in [0.29, 0.717) is 18.2 Å². The Hall–Kier alpha value is -1.07. The lowest BCUT2D eigenvalue weighted by Gasteiger charge is -2.25. The van der Waals surface area contributed by atoms with Gasteiger partial charge in [0.15, 0.2) is 0 Å². The fraction of sp³-hybridized carbons (Fsp3) is 0.571. The largest absolute Gasteiger partial charge is 0.416 e. The Labute approximate surface area is 111 Å². The molecule has 0 aliphatic carbocycles. The topological polar surface area (TPSA) is 29.3 Å². The van der Waals surface area contributed by atoms with Crippen LogP contribution < -0.4 is 5.73 Å². The van der Waals surface area contributed by atoms with E-state index in [1.165, 1.54) is 6.07 Å². The van der Waals surface area contributed by atoms with Gasteiger partial charge in [-0.1, -0.05) is 12.1 Å². The number of likely N-dealkylation sites (tertiary alicyclic amines) is 1. The lowest BCUT2D eigenvalue weighted by Crippen LogP contribution is -2.34. The van der Waals surface area contributed by atoms with Crippen LogP contribution in [0.5, 0.6) is 0 Å². The van der Waals surface area contributed by atoms with Crippen LogP contribution >= 0.6 is 0 Å². The van der Waals surface area contributed by atoms with Gasteiger partial charge in [0.2, 0.25) is 0 Å². The molecule has 0 aromatic heterocycles. The molecule has 1 fully saturated rings. The summed E-state index contributed by atoms with van der Waals surface area (Å²) in [5.41, 5.74) is 5.96. The maximum Gasteiger partial charge on any atom is 0.416 e. The van der Waals surface area contributed by atoms with E-state index in [2.05, 4.69) is 11.8 Å². The van der Waals surface area contributed by atoms with E-state index < -0.39 is 11.7 Å². The monoisotopic (exact) mass is 272 g/mol. The molecule has 2 N–H and O–H groups in total. The molecule has 1 aromatic rings. The highest BCUT2D eigenvalue weighted by molar-refractivity contribution is 5.28. The molecule has 0 spiro atoms. The predicted octanol–water partition coefficient (Wildman–Crippen LogP) is 3.19. The Kier molecular flexibility index (Phi) is 4.16. The summed E-state index contributed by atoms with van der Waals surface area (Å²) in [7, 11) is 0. The Balaban J connectivity index is 2.08. The van der Waals surface area contributed by atoms with Crippen LogP contribution in [0.1, 0.15) is 36.9 Å². The van der Waals surface area contributed by atoms with Gasteiger partial charge in [0.05, 0.1) is 5.56 Å². The molecule has 1 heterocycles. The van der Waals surface area contributed by atoms with Crippen molar-refractivity contribution in [3.63, 3.8) is 0 Å². The lowest BCUT2D eigenvalue weighted by molar-refractivity contribution is -0.137. The highest BCUT2D eigenvalue weighted by Gasteiger charge is 2.31. The summed E-state index contributed by atoms with van der Waals surface area (Å²) in [4.78, 5) is 2.24. The molecule has 2 unspecified atom stereocenters. The van der Waals surface area contributed by atoms with Gasteiger partial charge in [-0.2, -0.15) is 13.2 Å². The van der Waals surface area contributed by atoms with Gasteiger partial charge in [0.25, 0.3) is 0 Å². The Bertz CT molecular complexity index is 431. The molecule has 2 rings (SSSR count). The number of rotatable bonds is 3. The Morgan fingerprint density at radius 3 is 2.74 bits per heavy atom. The average molecular weight is 272 g/mol. The van der Waals surface area contributed by atoms with Crippen LogP contribution in [0, 0.1) is 0 Å². The Morgan fingerprint density at radius 2 is 2.16 bits per heavy atom. The van der Waals surface area contributed by atoms with E-state index in [0.717, 1.165) is 31.5 Å². The maximum absolute atomic E-state index is 12.6. The number of hydrogen-bond acceptors (Lipinski definition) is 2. The molecule has 0 bridgehead atoms. The molecule has 1 saturated heterocycles. The highest BCUT2D eigenvalue weighted by atomic mass is 19.4. The second-order valence-corrected chi connectivity index (χ2v) is 5.22. The van der Waals surface area contributed by atoms with Gasteiger partial charge in [-0.15, -0.1) is 0 Å². The van der Waals surface area contributed by atoms with Crippen LogP contribution in [0.25, 0.3) is 0 Å². The number of nitrogens with zero attached hydrogens (tertiary/aromatic N) is 1. The van der Waals surface area contributed by atoms with Crippen molar-refractivity contribution in [2.45, 2.75) is 38.0 Å². The molecule has 106 valence electrons. The van der Waals surface area contributed by atoms with Crippen LogP contribution in [0.3, 0.4) is 0 Å². The van der Waals surface area contributed by atoms with Gasteiger partial charge in [-0.3, -0.25) is 4.90 Å². The third kappa shape index (κ3) is 3.48. The van der Waals surface area contributed by atoms with Gasteiger partial charge in [0, 0.05) is 18.6 Å². The summed E-state index contributed by atoms with van der Waals surface area (Å²) in [6.07, 6.45) is -2.04. The number of hydrogen-bond donors (Lipinski definition) is 1. The molecule has 1 aliphatic rings. The van der Waals surface area contributed by atoms with Crippen LogP contribution in [0.15, 0.2) is 24.3 Å². The lowest BCUT2D eigenvalue weighted by atomic mass is 10.0. The normalized spacial score (nSPS) is 22.7. The first kappa shape index (κ1) is 14.3. The molecule has 5 heteroatoms. The minimum absolute atomic E-state index is 0.372. The summed E-state index contributed by atoms with van der Waals surface area (Å²) in [6, 6.07) is 5.42. The molecular weight excluding hydrogens is 253 g/mol. The SMILES string of the molecule is CC1CCCN1CC(N)c1cccc(C(F)(F)F)c1. The van der Waals surface area contributed by atoms with Crippen LogP contribution in [-0.4, -0.2) is 24.0 Å². The van der Waals surface area contributed by atoms with E-state index in [1.54, 1.807) is 6.07 Å². The minimum Gasteiger partial charge on any atom is -0.323 e. The second kappa shape index (κ2) is 5.51. The summed E-state index contributed by atoms with van der Waals surface area (Å²) < 4.78 is 37.9. The zero-order chi connectivity index (χ0) is 14.0. The van der Waals surface area contributed by atoms with E-state index in [1.807, 2.05) is 0 Å². The van der Waals surface area contributed by atoms with Gasteiger partial charge >= 0.3 is 6.18 Å². The minimum atomic E-state index is -4.31. The van der Waals surface area contributed by atoms with Gasteiger partial charge in [-0.05, 0) is 44.0 Å². The van der Waals surface area contributed by atoms with Crippen molar-refractivity contribution in [3.05, 3.63) is 35.4 Å². The first-order valence-electron chi connectivity index (χ1n) is 6.54. The standard InChI is InChI=1S/C14H19F3N2/c1-10-4-3-7-19(10)9-13(18)11-5-2-6-12(8-11)14(15,16)17/h2,5-6,8,10,13H,3-4,7,9,18H2,1H3. The van der Waals surface area contributed by atoms with Crippen molar-refractivity contribution in [2.75, 3.05) is 13.1 Å². The fourth-order valence-electron chi connectivity index (χ4n) is 2.57. The molecular formula is C14H19F3N2. The number of halogens is 3. The van der Waals surface area contributed by atoms with E-state index >= 15 is 0 Å². The van der Waals surface area contributed by atoms with E-state index in [-0.39, 0.29) is 6.04 Å². The van der Waals surface area contributed by atoms with Crippen molar-refractivity contribution >= 4 is 0 Å². The maximum atomic E-state index is 12.6. The van der Waals surface area contributed by atoms with E-state index in [9.17, 15) is 13.2 Å². The summed E-state index contributed by atoms with van der Waals surface area (Å²) in [5.74, 6) is 0. The van der Waals surface area contributed by atoms with Gasteiger partial charge in [-0.25, -0.2) is 0 Å². The molecule has 0 radical (unpaired) electrons. The molecule has 19 heavy (non-hydrogen) atoms. The quantitative estimate of drug-likeness (QED) is 0.915. The van der Waals surface area contributed by atoms with Gasteiger partial charge in [0.1, 0.15) is 0 Å². The fourth-order valence-corrected chi connectivity index (χ4v) is 2.57. The van der Waals surface area contributed by atoms with Crippen molar-refractivity contribution < 1.29 is 13.2 Å². The second-order valence-electron chi connectivity index (χ2n) is 5.22. The number of nitrogens with two attached hydrogens (primary N) is 1. The third-order valence-electron chi connectivity index (χ3n) is 3.76. The molecule has 2 atom stereocenters. The summed E-state index contributed by atoms with van der Waals surface area (Å²) in [5, 5.41) is 0. The number of alkyl halides is 3. The van der Waals surface area contributed by atoms with Crippen molar-refractivity contribution in [2.24, 2.45) is 5.73 Å². The van der Waals surface area contributed by atoms with Crippen LogP contribution in [0.2, 0.25) is 0 Å². The average Bonchev–Trinajstić information content (AvgIpc) is 2.74. The van der Waals surface area contributed by atoms with Gasteiger partial charge < -0.3 is 5.73 Å². The molecule has 0 saturated carbocycles. The number of benzene rings is 1. The highest BCUT2D eigenvalue weighted by Crippen LogP contribution is 2.31. The first-order valence-corrected chi connectivity index (χ1v) is 6.54. The molecule has 1 aromatic carbocycles. The Morgan fingerprint density at radius 1 is 1.42 bits per heavy atom. The first-order chi connectivity index (χ1) is 8.88. The zero-order valence-electron chi connectivity index (χ0n) is 11.0. The third-order valence-corrected chi connectivity index (χ3v) is 3.76. The van der Waals surface area contributed by atoms with Crippen LogP contribution in [-0.2, 0) is 6.18 Å². The van der Waals surface area contributed by atoms with Crippen LogP contribution in [0.4, 0.5) is 13.2 Å². The molecule has 0 amide bonds. The molecule has 1 aliphatic heterocycles.